The van der Waals surface area contributed by atoms with Crippen molar-refractivity contribution in [1.82, 2.24) is 10.6 Å². The number of hydrogen-bond donors (Lipinski definition) is 4. The molecule has 0 radical (unpaired) electrons. The number of carbonyl (C=O) groups excluding carboxylic acids is 2. The van der Waals surface area contributed by atoms with Crippen molar-refractivity contribution in [2.45, 2.75) is 12.1 Å². The number of phenolic OH excluding ortho intramolecular Hbond substituents is 2. The molecule has 6 nitrogen and oxygen atoms in total. The number of carbonyl (C=O) groups is 2. The van der Waals surface area contributed by atoms with Crippen molar-refractivity contribution in [3.05, 3.63) is 131 Å². The zero-order valence-electron chi connectivity index (χ0n) is 18.3. The largest absolute Gasteiger partial charge is 0.508 e. The summed E-state index contributed by atoms with van der Waals surface area (Å²) in [5.74, 6) is -0.864. The van der Waals surface area contributed by atoms with Crippen molar-refractivity contribution in [2.75, 3.05) is 0 Å². The van der Waals surface area contributed by atoms with E-state index in [1.54, 1.807) is 84.9 Å². The summed E-state index contributed by atoms with van der Waals surface area (Å²) in [5.41, 5.74) is 1.64. The van der Waals surface area contributed by atoms with Crippen molar-refractivity contribution in [3.8, 4) is 11.5 Å². The average molecular weight is 453 g/mol. The summed E-state index contributed by atoms with van der Waals surface area (Å²) in [5, 5.41) is 27.2. The molecule has 0 saturated heterocycles. The maximum Gasteiger partial charge on any atom is 0.251 e. The Kier molecular flexibility index (Phi) is 6.89. The summed E-state index contributed by atoms with van der Waals surface area (Å²) in [6.07, 6.45) is 0. The molecule has 6 heteroatoms. The van der Waals surface area contributed by atoms with Gasteiger partial charge in [0.05, 0.1) is 12.1 Å². The Labute approximate surface area is 197 Å². The second kappa shape index (κ2) is 10.4. The van der Waals surface area contributed by atoms with Gasteiger partial charge < -0.3 is 20.8 Å². The van der Waals surface area contributed by atoms with Gasteiger partial charge in [0, 0.05) is 22.3 Å². The molecule has 4 N–H and O–H groups in total. The first-order chi connectivity index (χ1) is 16.5. The van der Waals surface area contributed by atoms with Gasteiger partial charge in [-0.2, -0.15) is 0 Å². The molecule has 0 heterocycles. The summed E-state index contributed by atoms with van der Waals surface area (Å²) in [6.45, 7) is 0. The molecular weight excluding hydrogens is 428 g/mol. The number of para-hydroxylation sites is 2. The number of rotatable bonds is 7. The molecule has 2 amide bonds. The summed E-state index contributed by atoms with van der Waals surface area (Å²) in [7, 11) is 0. The maximum absolute atomic E-state index is 13.1. The zero-order valence-corrected chi connectivity index (χ0v) is 18.3. The van der Waals surface area contributed by atoms with Crippen LogP contribution in [0.15, 0.2) is 109 Å². The molecule has 0 spiro atoms. The first-order valence-corrected chi connectivity index (χ1v) is 10.8. The Bertz CT molecular complexity index is 1170. The normalized spacial score (nSPS) is 12.4. The molecule has 0 aromatic heterocycles. The molecule has 0 aliphatic heterocycles. The van der Waals surface area contributed by atoms with Gasteiger partial charge in [0.2, 0.25) is 0 Å². The van der Waals surface area contributed by atoms with Crippen LogP contribution in [0.5, 0.6) is 11.5 Å². The highest BCUT2D eigenvalue weighted by Crippen LogP contribution is 2.37. The van der Waals surface area contributed by atoms with Gasteiger partial charge in [-0.25, -0.2) is 0 Å². The minimum atomic E-state index is -0.894. The summed E-state index contributed by atoms with van der Waals surface area (Å²) in [4.78, 5) is 26.3. The van der Waals surface area contributed by atoms with Gasteiger partial charge in [0.1, 0.15) is 11.5 Å². The van der Waals surface area contributed by atoms with Crippen molar-refractivity contribution < 1.29 is 19.8 Å². The van der Waals surface area contributed by atoms with E-state index >= 15 is 0 Å². The Morgan fingerprint density at radius 2 is 0.824 bits per heavy atom. The highest BCUT2D eigenvalue weighted by Gasteiger charge is 2.32. The third-order valence-electron chi connectivity index (χ3n) is 5.52. The van der Waals surface area contributed by atoms with Crippen LogP contribution in [-0.2, 0) is 0 Å². The Hall–Kier alpha value is -4.58. The first-order valence-electron chi connectivity index (χ1n) is 10.8. The van der Waals surface area contributed by atoms with E-state index in [1.165, 1.54) is 12.1 Å². The van der Waals surface area contributed by atoms with Crippen LogP contribution < -0.4 is 10.6 Å². The molecule has 0 bridgehead atoms. The minimum absolute atomic E-state index is 0.0461. The predicted octanol–water partition coefficient (Wildman–Crippen LogP) is 4.74. The summed E-state index contributed by atoms with van der Waals surface area (Å²) in [6, 6.07) is 28.7. The van der Waals surface area contributed by atoms with Gasteiger partial charge in [-0.15, -0.1) is 0 Å². The molecule has 0 saturated carbocycles. The quantitative estimate of drug-likeness (QED) is 0.326. The molecule has 0 aliphatic carbocycles. The SMILES string of the molecule is O=C(N[C@H](c1ccccc1O)[C@H](NC(=O)c1ccccc1)c1ccccc1O)c1ccccc1. The van der Waals surface area contributed by atoms with Crippen LogP contribution in [0.25, 0.3) is 0 Å². The molecular formula is C28H24N2O4. The van der Waals surface area contributed by atoms with Crippen molar-refractivity contribution in [1.29, 1.82) is 0 Å². The van der Waals surface area contributed by atoms with Crippen LogP contribution >= 0.6 is 0 Å². The van der Waals surface area contributed by atoms with Crippen LogP contribution in [0.3, 0.4) is 0 Å². The number of aromatic hydroxyl groups is 2. The van der Waals surface area contributed by atoms with Gasteiger partial charge in [0.15, 0.2) is 0 Å². The third-order valence-corrected chi connectivity index (χ3v) is 5.52. The van der Waals surface area contributed by atoms with Crippen LogP contribution in [0, 0.1) is 0 Å². The number of amides is 2. The van der Waals surface area contributed by atoms with Crippen molar-refractivity contribution >= 4 is 11.8 Å². The highest BCUT2D eigenvalue weighted by atomic mass is 16.3. The average Bonchev–Trinajstić information content (AvgIpc) is 2.88. The smallest absolute Gasteiger partial charge is 0.251 e. The summed E-state index contributed by atoms with van der Waals surface area (Å²) >= 11 is 0. The summed E-state index contributed by atoms with van der Waals surface area (Å²) < 4.78 is 0. The van der Waals surface area contributed by atoms with E-state index < -0.39 is 12.1 Å². The number of benzene rings is 4. The van der Waals surface area contributed by atoms with E-state index in [2.05, 4.69) is 10.6 Å². The van der Waals surface area contributed by atoms with E-state index in [1.807, 2.05) is 12.1 Å². The standard InChI is InChI=1S/C28H24N2O4/c31-23-17-9-7-15-21(23)25(29-27(33)19-11-3-1-4-12-19)26(22-16-8-10-18-24(22)32)30-28(34)20-13-5-2-6-14-20/h1-18,25-26,31-32H,(H,29,33)(H,30,34)/t25-,26-/m1/s1. The number of nitrogens with one attached hydrogen (secondary N) is 2. The molecule has 0 unspecified atom stereocenters. The van der Waals surface area contributed by atoms with Gasteiger partial charge in [-0.3, -0.25) is 9.59 Å². The second-order valence-corrected chi connectivity index (χ2v) is 7.75. The predicted molar refractivity (Wildman–Crippen MR) is 130 cm³/mol. The van der Waals surface area contributed by atoms with Crippen molar-refractivity contribution in [3.63, 3.8) is 0 Å². The second-order valence-electron chi connectivity index (χ2n) is 7.75. The molecule has 0 fully saturated rings. The highest BCUT2D eigenvalue weighted by molar-refractivity contribution is 5.96. The van der Waals surface area contributed by atoms with Gasteiger partial charge >= 0.3 is 0 Å². The van der Waals surface area contributed by atoms with E-state index in [4.69, 9.17) is 0 Å². The fourth-order valence-corrected chi connectivity index (χ4v) is 3.81. The molecule has 4 aromatic rings. The van der Waals surface area contributed by atoms with Gasteiger partial charge in [-0.1, -0.05) is 72.8 Å². The molecule has 34 heavy (non-hydrogen) atoms. The van der Waals surface area contributed by atoms with Gasteiger partial charge in [0.25, 0.3) is 11.8 Å². The lowest BCUT2D eigenvalue weighted by Gasteiger charge is -2.30. The number of hydrogen-bond acceptors (Lipinski definition) is 4. The van der Waals surface area contributed by atoms with E-state index in [0.29, 0.717) is 22.3 Å². The molecule has 170 valence electrons. The van der Waals surface area contributed by atoms with Crippen LogP contribution in [0.1, 0.15) is 43.9 Å². The molecule has 0 aliphatic rings. The molecule has 2 atom stereocenters. The topological polar surface area (TPSA) is 98.7 Å². The Balaban J connectivity index is 1.80. The maximum atomic E-state index is 13.1. The fraction of sp³-hybridized carbons (Fsp3) is 0.0714. The van der Waals surface area contributed by atoms with Crippen LogP contribution in [0.4, 0.5) is 0 Å². The zero-order chi connectivity index (χ0) is 23.9. The minimum Gasteiger partial charge on any atom is -0.508 e. The van der Waals surface area contributed by atoms with Crippen LogP contribution in [0.2, 0.25) is 0 Å². The molecule has 4 rings (SSSR count). The molecule has 4 aromatic carbocycles. The lowest BCUT2D eigenvalue weighted by Crippen LogP contribution is -2.41. The lowest BCUT2D eigenvalue weighted by molar-refractivity contribution is 0.0880. The van der Waals surface area contributed by atoms with E-state index in [9.17, 15) is 19.8 Å². The van der Waals surface area contributed by atoms with Gasteiger partial charge in [-0.05, 0) is 36.4 Å². The third kappa shape index (κ3) is 5.07. The first kappa shape index (κ1) is 22.6. The Morgan fingerprint density at radius 3 is 1.18 bits per heavy atom. The van der Waals surface area contributed by atoms with Crippen LogP contribution in [-0.4, -0.2) is 22.0 Å². The monoisotopic (exact) mass is 452 g/mol. The number of phenols is 2. The van der Waals surface area contributed by atoms with E-state index in [-0.39, 0.29) is 23.3 Å². The Morgan fingerprint density at radius 1 is 0.500 bits per heavy atom. The lowest BCUT2D eigenvalue weighted by atomic mass is 9.91. The fourth-order valence-electron chi connectivity index (χ4n) is 3.81. The van der Waals surface area contributed by atoms with E-state index in [0.717, 1.165) is 0 Å². The van der Waals surface area contributed by atoms with Crippen molar-refractivity contribution in [2.24, 2.45) is 0 Å².